The summed E-state index contributed by atoms with van der Waals surface area (Å²) in [5.74, 6) is 0.949. The van der Waals surface area contributed by atoms with Crippen LogP contribution in [-0.2, 0) is 6.61 Å². The molecule has 162 valence electrons. The molecule has 0 aliphatic carbocycles. The number of nitrogens with one attached hydrogen (secondary N) is 1. The van der Waals surface area contributed by atoms with E-state index in [1.54, 1.807) is 30.3 Å². The van der Waals surface area contributed by atoms with Crippen molar-refractivity contribution >= 4 is 5.91 Å². The molecule has 1 atom stereocenters. The maximum absolute atomic E-state index is 13.2. The van der Waals surface area contributed by atoms with E-state index in [0.717, 1.165) is 28.0 Å². The molecule has 4 nitrogen and oxygen atoms in total. The predicted molar refractivity (Wildman–Crippen MR) is 120 cm³/mol. The van der Waals surface area contributed by atoms with Crippen LogP contribution < -0.4 is 14.8 Å². The summed E-state index contributed by atoms with van der Waals surface area (Å²) >= 11 is 0. The number of rotatable bonds is 8. The Bertz CT molecular complexity index is 1030. The second kappa shape index (κ2) is 10.1. The molecule has 3 aromatic carbocycles. The highest BCUT2D eigenvalue weighted by molar-refractivity contribution is 5.94. The minimum atomic E-state index is -0.303. The van der Waals surface area contributed by atoms with Gasteiger partial charge in [-0.25, -0.2) is 4.39 Å². The number of ether oxygens (including phenoxy) is 2. The molecule has 3 rings (SSSR count). The van der Waals surface area contributed by atoms with Gasteiger partial charge in [-0.15, -0.1) is 0 Å². The van der Waals surface area contributed by atoms with Crippen molar-refractivity contribution in [1.82, 2.24) is 5.32 Å². The molecular weight excluding hydrogens is 393 g/mol. The molecule has 1 amide bonds. The van der Waals surface area contributed by atoms with E-state index in [4.69, 9.17) is 9.47 Å². The van der Waals surface area contributed by atoms with E-state index in [-0.39, 0.29) is 24.4 Å². The SMILES string of the molecule is CCOc1ccc(C(=O)N[C@@H](C)c2ccc(F)cc2)cc1COc1cc(C)cc(C)c1. The van der Waals surface area contributed by atoms with E-state index >= 15 is 0 Å². The van der Waals surface area contributed by atoms with Crippen LogP contribution in [0.4, 0.5) is 4.39 Å². The number of halogens is 1. The van der Waals surface area contributed by atoms with Gasteiger partial charge in [0.05, 0.1) is 12.6 Å². The fourth-order valence-corrected chi connectivity index (χ4v) is 3.42. The van der Waals surface area contributed by atoms with Gasteiger partial charge in [0.25, 0.3) is 5.91 Å². The van der Waals surface area contributed by atoms with Crippen LogP contribution in [0.3, 0.4) is 0 Å². The van der Waals surface area contributed by atoms with Gasteiger partial charge in [0.2, 0.25) is 0 Å². The Labute approximate surface area is 183 Å². The van der Waals surface area contributed by atoms with Gasteiger partial charge in [-0.05, 0) is 86.8 Å². The van der Waals surface area contributed by atoms with Gasteiger partial charge >= 0.3 is 0 Å². The Balaban J connectivity index is 1.76. The third-order valence-corrected chi connectivity index (χ3v) is 4.93. The van der Waals surface area contributed by atoms with Gasteiger partial charge in [0, 0.05) is 11.1 Å². The Morgan fingerprint density at radius 2 is 1.65 bits per heavy atom. The van der Waals surface area contributed by atoms with Crippen LogP contribution in [0, 0.1) is 19.7 Å². The number of carbonyl (C=O) groups is 1. The first-order valence-corrected chi connectivity index (χ1v) is 10.4. The van der Waals surface area contributed by atoms with E-state index < -0.39 is 0 Å². The number of amides is 1. The summed E-state index contributed by atoms with van der Waals surface area (Å²) in [7, 11) is 0. The quantitative estimate of drug-likeness (QED) is 0.492. The van der Waals surface area contributed by atoms with Crippen LogP contribution >= 0.6 is 0 Å². The Morgan fingerprint density at radius 1 is 0.968 bits per heavy atom. The lowest BCUT2D eigenvalue weighted by atomic mass is 10.1. The van der Waals surface area contributed by atoms with Crippen molar-refractivity contribution in [3.8, 4) is 11.5 Å². The number of hydrogen-bond donors (Lipinski definition) is 1. The minimum Gasteiger partial charge on any atom is -0.493 e. The Hall–Kier alpha value is -3.34. The summed E-state index contributed by atoms with van der Waals surface area (Å²) in [5, 5.41) is 2.96. The molecular formula is C26H28FNO3. The average molecular weight is 422 g/mol. The highest BCUT2D eigenvalue weighted by Gasteiger charge is 2.15. The van der Waals surface area contributed by atoms with Crippen molar-refractivity contribution in [2.24, 2.45) is 0 Å². The summed E-state index contributed by atoms with van der Waals surface area (Å²) in [4.78, 5) is 12.8. The maximum Gasteiger partial charge on any atom is 0.251 e. The lowest BCUT2D eigenvalue weighted by Crippen LogP contribution is -2.26. The van der Waals surface area contributed by atoms with Gasteiger partial charge in [0.15, 0.2) is 0 Å². The zero-order chi connectivity index (χ0) is 22.4. The van der Waals surface area contributed by atoms with Gasteiger partial charge in [-0.2, -0.15) is 0 Å². The van der Waals surface area contributed by atoms with Crippen molar-refractivity contribution in [3.63, 3.8) is 0 Å². The minimum absolute atomic E-state index is 0.215. The van der Waals surface area contributed by atoms with Crippen molar-refractivity contribution in [2.75, 3.05) is 6.61 Å². The zero-order valence-corrected chi connectivity index (χ0v) is 18.4. The molecule has 0 fully saturated rings. The Morgan fingerprint density at radius 3 is 2.29 bits per heavy atom. The van der Waals surface area contributed by atoms with Crippen molar-refractivity contribution in [1.29, 1.82) is 0 Å². The summed E-state index contributed by atoms with van der Waals surface area (Å²) in [6.07, 6.45) is 0. The fraction of sp³-hybridized carbons (Fsp3) is 0.269. The van der Waals surface area contributed by atoms with Crippen LogP contribution in [0.2, 0.25) is 0 Å². The molecule has 0 spiro atoms. The first kappa shape index (κ1) is 22.3. The first-order chi connectivity index (χ1) is 14.9. The number of carbonyl (C=O) groups excluding carboxylic acids is 1. The van der Waals surface area contributed by atoms with Crippen LogP contribution in [0.25, 0.3) is 0 Å². The second-order valence-electron chi connectivity index (χ2n) is 7.61. The molecule has 0 aliphatic heterocycles. The summed E-state index contributed by atoms with van der Waals surface area (Å²) in [6.45, 7) is 8.64. The average Bonchev–Trinajstić information content (AvgIpc) is 2.73. The smallest absolute Gasteiger partial charge is 0.251 e. The summed E-state index contributed by atoms with van der Waals surface area (Å²) in [5.41, 5.74) is 4.39. The van der Waals surface area contributed by atoms with Crippen molar-refractivity contribution in [3.05, 3.63) is 94.3 Å². The number of hydrogen-bond acceptors (Lipinski definition) is 3. The molecule has 0 heterocycles. The van der Waals surface area contributed by atoms with E-state index in [1.807, 2.05) is 39.8 Å². The Kier molecular flexibility index (Phi) is 7.29. The van der Waals surface area contributed by atoms with E-state index in [2.05, 4.69) is 11.4 Å². The third-order valence-electron chi connectivity index (χ3n) is 4.93. The topological polar surface area (TPSA) is 47.6 Å². The molecule has 0 saturated heterocycles. The standard InChI is InChI=1S/C26H28FNO3/c1-5-30-25-11-8-21(26(29)28-19(4)20-6-9-23(27)10-7-20)15-22(25)16-31-24-13-17(2)12-18(3)14-24/h6-15,19H,5,16H2,1-4H3,(H,28,29)/t19-/m0/s1. The van der Waals surface area contributed by atoms with Crippen LogP contribution in [0.1, 0.15) is 52.5 Å². The van der Waals surface area contributed by atoms with Crippen molar-refractivity contribution in [2.45, 2.75) is 40.3 Å². The third kappa shape index (κ3) is 6.07. The molecule has 5 heteroatoms. The maximum atomic E-state index is 13.2. The fourth-order valence-electron chi connectivity index (χ4n) is 3.42. The summed E-state index contributed by atoms with van der Waals surface area (Å²) < 4.78 is 24.9. The van der Waals surface area contributed by atoms with Crippen LogP contribution in [0.5, 0.6) is 11.5 Å². The lowest BCUT2D eigenvalue weighted by molar-refractivity contribution is 0.0939. The molecule has 0 aromatic heterocycles. The molecule has 0 unspecified atom stereocenters. The summed E-state index contributed by atoms with van der Waals surface area (Å²) in [6, 6.07) is 17.2. The van der Waals surface area contributed by atoms with Crippen LogP contribution in [0.15, 0.2) is 60.7 Å². The molecule has 31 heavy (non-hydrogen) atoms. The lowest BCUT2D eigenvalue weighted by Gasteiger charge is -2.16. The van der Waals surface area contributed by atoms with E-state index in [1.165, 1.54) is 12.1 Å². The number of aryl methyl sites for hydroxylation is 2. The largest absolute Gasteiger partial charge is 0.493 e. The predicted octanol–water partition coefficient (Wildman–Crippen LogP) is 5.91. The van der Waals surface area contributed by atoms with E-state index in [9.17, 15) is 9.18 Å². The molecule has 0 bridgehead atoms. The van der Waals surface area contributed by atoms with Gasteiger partial charge in [-0.3, -0.25) is 4.79 Å². The molecule has 0 saturated carbocycles. The van der Waals surface area contributed by atoms with Gasteiger partial charge in [0.1, 0.15) is 23.9 Å². The first-order valence-electron chi connectivity index (χ1n) is 10.4. The van der Waals surface area contributed by atoms with Gasteiger partial charge in [-0.1, -0.05) is 18.2 Å². The van der Waals surface area contributed by atoms with Crippen molar-refractivity contribution < 1.29 is 18.7 Å². The highest BCUT2D eigenvalue weighted by Crippen LogP contribution is 2.24. The molecule has 1 N–H and O–H groups in total. The normalized spacial score (nSPS) is 11.6. The van der Waals surface area contributed by atoms with Crippen LogP contribution in [-0.4, -0.2) is 12.5 Å². The zero-order valence-electron chi connectivity index (χ0n) is 18.4. The molecule has 3 aromatic rings. The monoisotopic (exact) mass is 421 g/mol. The van der Waals surface area contributed by atoms with Gasteiger partial charge < -0.3 is 14.8 Å². The second-order valence-corrected chi connectivity index (χ2v) is 7.61. The van der Waals surface area contributed by atoms with E-state index in [0.29, 0.717) is 17.9 Å². The molecule has 0 radical (unpaired) electrons. The highest BCUT2D eigenvalue weighted by atomic mass is 19.1. The number of benzene rings is 3. The molecule has 0 aliphatic rings.